The van der Waals surface area contributed by atoms with E-state index in [4.69, 9.17) is 5.73 Å². The number of hydrogen-bond donors (Lipinski definition) is 2. The molecule has 3 rings (SSSR count). The quantitative estimate of drug-likeness (QED) is 0.610. The molecule has 30 heavy (non-hydrogen) atoms. The first-order valence-corrected chi connectivity index (χ1v) is 9.57. The monoisotopic (exact) mass is 414 g/mol. The first kappa shape index (κ1) is 21.0. The zero-order valence-electron chi connectivity index (χ0n) is 16.8. The first-order chi connectivity index (χ1) is 14.3. The predicted octanol–water partition coefficient (Wildman–Crippen LogP) is 1.66. The van der Waals surface area contributed by atoms with Crippen molar-refractivity contribution < 1.29 is 9.18 Å². The van der Waals surface area contributed by atoms with Gasteiger partial charge in [-0.15, -0.1) is 0 Å². The molecular formula is C20H23FN6O3. The standard InChI is InChI=1S/C20H23FN6O3/c1-3-8-27-19(29)16(17(22)26(4-2)20(27)30)24-18(28)14-10-23-25(12-14)11-13-6-5-7-15(21)9-13/h5-7,9-10,12H,3-4,8,11,22H2,1-2H3,(H,24,28). The second-order valence-corrected chi connectivity index (χ2v) is 6.75. The fraction of sp³-hybridized carbons (Fsp3) is 0.300. The average molecular weight is 414 g/mol. The van der Waals surface area contributed by atoms with Gasteiger partial charge in [-0.25, -0.2) is 9.18 Å². The van der Waals surface area contributed by atoms with Gasteiger partial charge in [-0.3, -0.25) is 23.4 Å². The minimum absolute atomic E-state index is 0.0969. The lowest BCUT2D eigenvalue weighted by atomic mass is 10.2. The largest absolute Gasteiger partial charge is 0.383 e. The normalized spacial score (nSPS) is 10.9. The lowest BCUT2D eigenvalue weighted by molar-refractivity contribution is 0.102. The molecule has 9 nitrogen and oxygen atoms in total. The molecule has 0 bridgehead atoms. The molecule has 10 heteroatoms. The Morgan fingerprint density at radius 1 is 1.23 bits per heavy atom. The van der Waals surface area contributed by atoms with E-state index in [1.807, 2.05) is 6.92 Å². The van der Waals surface area contributed by atoms with Crippen LogP contribution in [0.4, 0.5) is 15.9 Å². The average Bonchev–Trinajstić information content (AvgIpc) is 3.17. The second kappa shape index (κ2) is 8.76. The summed E-state index contributed by atoms with van der Waals surface area (Å²) in [5.74, 6) is -1.04. The molecule has 3 N–H and O–H groups in total. The zero-order chi connectivity index (χ0) is 21.8. The third-order valence-electron chi connectivity index (χ3n) is 4.60. The van der Waals surface area contributed by atoms with Crippen LogP contribution in [0.5, 0.6) is 0 Å². The molecule has 1 amide bonds. The minimum atomic E-state index is -0.649. The van der Waals surface area contributed by atoms with E-state index >= 15 is 0 Å². The number of anilines is 2. The zero-order valence-corrected chi connectivity index (χ0v) is 16.8. The number of rotatable bonds is 7. The molecule has 0 saturated carbocycles. The molecule has 2 aromatic heterocycles. The van der Waals surface area contributed by atoms with E-state index in [9.17, 15) is 18.8 Å². The second-order valence-electron chi connectivity index (χ2n) is 6.75. The molecular weight excluding hydrogens is 391 g/mol. The molecule has 2 heterocycles. The summed E-state index contributed by atoms with van der Waals surface area (Å²) in [5, 5.41) is 6.62. The number of amides is 1. The molecule has 0 radical (unpaired) electrons. The van der Waals surface area contributed by atoms with Crippen molar-refractivity contribution in [2.45, 2.75) is 39.9 Å². The highest BCUT2D eigenvalue weighted by atomic mass is 19.1. The van der Waals surface area contributed by atoms with Gasteiger partial charge in [0.15, 0.2) is 0 Å². The molecule has 0 saturated heterocycles. The number of carbonyl (C=O) groups is 1. The summed E-state index contributed by atoms with van der Waals surface area (Å²) >= 11 is 0. The Bertz CT molecular complexity index is 1190. The van der Waals surface area contributed by atoms with Crippen LogP contribution in [0.15, 0.2) is 46.2 Å². The van der Waals surface area contributed by atoms with Crippen molar-refractivity contribution in [3.05, 3.63) is 74.4 Å². The van der Waals surface area contributed by atoms with Gasteiger partial charge in [-0.05, 0) is 31.0 Å². The molecule has 0 aliphatic rings. The van der Waals surface area contributed by atoms with Gasteiger partial charge in [0.05, 0.1) is 18.3 Å². The summed E-state index contributed by atoms with van der Waals surface area (Å²) in [7, 11) is 0. The van der Waals surface area contributed by atoms with Crippen LogP contribution in [0.1, 0.15) is 36.2 Å². The van der Waals surface area contributed by atoms with Crippen molar-refractivity contribution in [2.24, 2.45) is 0 Å². The van der Waals surface area contributed by atoms with Crippen molar-refractivity contribution in [3.63, 3.8) is 0 Å². The summed E-state index contributed by atoms with van der Waals surface area (Å²) < 4.78 is 17.1. The van der Waals surface area contributed by atoms with Gasteiger partial charge in [0, 0.05) is 19.3 Å². The van der Waals surface area contributed by atoms with Crippen LogP contribution in [0.2, 0.25) is 0 Å². The summed E-state index contributed by atoms with van der Waals surface area (Å²) in [5.41, 5.74) is 5.56. The summed E-state index contributed by atoms with van der Waals surface area (Å²) in [4.78, 5) is 37.8. The summed E-state index contributed by atoms with van der Waals surface area (Å²) in [6.45, 7) is 4.30. The summed E-state index contributed by atoms with van der Waals surface area (Å²) in [6.07, 6.45) is 3.39. The van der Waals surface area contributed by atoms with Crippen molar-refractivity contribution in [1.82, 2.24) is 18.9 Å². The predicted molar refractivity (Wildman–Crippen MR) is 111 cm³/mol. The molecule has 0 spiro atoms. The van der Waals surface area contributed by atoms with Crippen LogP contribution < -0.4 is 22.3 Å². The Balaban J connectivity index is 1.88. The van der Waals surface area contributed by atoms with Gasteiger partial charge < -0.3 is 11.1 Å². The van der Waals surface area contributed by atoms with Crippen molar-refractivity contribution in [2.75, 3.05) is 11.1 Å². The molecule has 0 unspecified atom stereocenters. The molecule has 0 aliphatic heterocycles. The smallest absolute Gasteiger partial charge is 0.332 e. The highest BCUT2D eigenvalue weighted by molar-refractivity contribution is 6.05. The van der Waals surface area contributed by atoms with Crippen molar-refractivity contribution in [3.8, 4) is 0 Å². The van der Waals surface area contributed by atoms with E-state index in [1.165, 1.54) is 33.8 Å². The number of halogens is 1. The molecule has 0 fully saturated rings. The third kappa shape index (κ3) is 4.17. The highest BCUT2D eigenvalue weighted by Crippen LogP contribution is 2.13. The fourth-order valence-electron chi connectivity index (χ4n) is 3.13. The van der Waals surface area contributed by atoms with Gasteiger partial charge in [0.25, 0.3) is 11.5 Å². The Labute approximate surface area is 171 Å². The van der Waals surface area contributed by atoms with Crippen LogP contribution in [-0.2, 0) is 19.6 Å². The number of nitrogen functional groups attached to an aromatic ring is 1. The molecule has 0 atom stereocenters. The fourth-order valence-corrected chi connectivity index (χ4v) is 3.13. The topological polar surface area (TPSA) is 117 Å². The van der Waals surface area contributed by atoms with E-state index in [1.54, 1.807) is 19.1 Å². The SMILES string of the molecule is CCCn1c(=O)c(NC(=O)c2cnn(Cc3cccc(F)c3)c2)c(N)n(CC)c1=O. The maximum Gasteiger partial charge on any atom is 0.332 e. The van der Waals surface area contributed by atoms with Gasteiger partial charge in [0.1, 0.15) is 17.3 Å². The van der Waals surface area contributed by atoms with Crippen LogP contribution in [0.25, 0.3) is 0 Å². The molecule has 0 aliphatic carbocycles. The van der Waals surface area contributed by atoms with Gasteiger partial charge in [-0.1, -0.05) is 19.1 Å². The third-order valence-corrected chi connectivity index (χ3v) is 4.60. The Kier molecular flexibility index (Phi) is 6.14. The van der Waals surface area contributed by atoms with Gasteiger partial charge >= 0.3 is 5.69 Å². The number of aromatic nitrogens is 4. The Morgan fingerprint density at radius 2 is 2.00 bits per heavy atom. The van der Waals surface area contributed by atoms with E-state index in [2.05, 4.69) is 10.4 Å². The Morgan fingerprint density at radius 3 is 2.67 bits per heavy atom. The molecule has 158 valence electrons. The van der Waals surface area contributed by atoms with Crippen LogP contribution in [0.3, 0.4) is 0 Å². The number of hydrogen-bond acceptors (Lipinski definition) is 5. The van der Waals surface area contributed by atoms with Crippen molar-refractivity contribution in [1.29, 1.82) is 0 Å². The van der Waals surface area contributed by atoms with Crippen LogP contribution in [0, 0.1) is 5.82 Å². The number of nitrogens with zero attached hydrogens (tertiary/aromatic N) is 4. The van der Waals surface area contributed by atoms with Crippen molar-refractivity contribution >= 4 is 17.4 Å². The van der Waals surface area contributed by atoms with E-state index in [0.29, 0.717) is 12.0 Å². The van der Waals surface area contributed by atoms with Gasteiger partial charge in [0.2, 0.25) is 0 Å². The number of benzene rings is 1. The molecule has 1 aromatic carbocycles. The maximum absolute atomic E-state index is 13.3. The summed E-state index contributed by atoms with van der Waals surface area (Å²) in [6, 6.07) is 6.06. The number of nitrogens with one attached hydrogen (secondary N) is 1. The van der Waals surface area contributed by atoms with Gasteiger partial charge in [-0.2, -0.15) is 5.10 Å². The lowest BCUT2D eigenvalue weighted by Gasteiger charge is -2.15. The highest BCUT2D eigenvalue weighted by Gasteiger charge is 2.19. The van der Waals surface area contributed by atoms with Crippen LogP contribution in [-0.4, -0.2) is 24.8 Å². The minimum Gasteiger partial charge on any atom is -0.383 e. The molecule has 3 aromatic rings. The maximum atomic E-state index is 13.3. The number of carbonyl (C=O) groups excluding carboxylic acids is 1. The van der Waals surface area contributed by atoms with Crippen LogP contribution >= 0.6 is 0 Å². The lowest BCUT2D eigenvalue weighted by Crippen LogP contribution is -2.42. The van der Waals surface area contributed by atoms with E-state index < -0.39 is 17.2 Å². The van der Waals surface area contributed by atoms with E-state index in [-0.39, 0.29) is 42.5 Å². The first-order valence-electron chi connectivity index (χ1n) is 9.57. The Hall–Kier alpha value is -3.69. The van der Waals surface area contributed by atoms with E-state index in [0.717, 1.165) is 4.57 Å². The number of nitrogens with two attached hydrogens (primary N) is 1.